The van der Waals surface area contributed by atoms with Crippen LogP contribution < -0.4 is 0 Å². The Hall–Kier alpha value is -2.04. The van der Waals surface area contributed by atoms with Crippen LogP contribution in [0.15, 0.2) is 18.5 Å². The van der Waals surface area contributed by atoms with Crippen LogP contribution >= 0.6 is 0 Å². The Morgan fingerprint density at radius 2 is 2.21 bits per heavy atom. The molecule has 100 valence electrons. The zero-order valence-corrected chi connectivity index (χ0v) is 10.8. The number of H-pyrrole nitrogens is 1. The van der Waals surface area contributed by atoms with E-state index in [1.807, 2.05) is 6.92 Å². The number of imidazole rings is 1. The van der Waals surface area contributed by atoms with E-state index < -0.39 is 6.67 Å². The number of carbonyl (C=O) groups excluding carboxylic acids is 1. The fourth-order valence-corrected chi connectivity index (χ4v) is 1.96. The molecule has 2 aromatic rings. The molecule has 1 aromatic heterocycles. The second-order valence-corrected chi connectivity index (χ2v) is 4.34. The second-order valence-electron chi connectivity index (χ2n) is 4.34. The molecule has 2 rings (SSSR count). The Kier molecular flexibility index (Phi) is 3.74. The Balaban J connectivity index is 2.68. The van der Waals surface area contributed by atoms with Crippen molar-refractivity contribution in [2.24, 2.45) is 0 Å². The van der Waals surface area contributed by atoms with Gasteiger partial charge in [-0.1, -0.05) is 6.92 Å². The van der Waals surface area contributed by atoms with Crippen molar-refractivity contribution in [3.05, 3.63) is 35.4 Å². The number of halogens is 2. The summed E-state index contributed by atoms with van der Waals surface area (Å²) in [5, 5.41) is 0. The van der Waals surface area contributed by atoms with E-state index in [-0.39, 0.29) is 23.5 Å². The highest BCUT2D eigenvalue weighted by molar-refractivity contribution is 6.06. The van der Waals surface area contributed by atoms with Gasteiger partial charge in [0.1, 0.15) is 12.5 Å². The molecule has 1 heterocycles. The van der Waals surface area contributed by atoms with Crippen molar-refractivity contribution >= 4 is 22.4 Å². The molecule has 0 saturated carbocycles. The number of carbonyl (C=O) groups is 1. The normalized spacial score (nSPS) is 12.1. The first-order valence-electron chi connectivity index (χ1n) is 5.99. The SMILES string of the molecule is CCC(=O)c1cc(C)cc2[nH]c(C(=CF)CF)nc12. The van der Waals surface area contributed by atoms with E-state index in [4.69, 9.17) is 0 Å². The van der Waals surface area contributed by atoms with E-state index in [1.165, 1.54) is 0 Å². The molecule has 0 aliphatic rings. The number of aryl methyl sites for hydroxylation is 1. The lowest BCUT2D eigenvalue weighted by molar-refractivity contribution is 0.0989. The summed E-state index contributed by atoms with van der Waals surface area (Å²) in [6.07, 6.45) is 0.543. The van der Waals surface area contributed by atoms with Crippen LogP contribution in [-0.2, 0) is 0 Å². The zero-order chi connectivity index (χ0) is 14.0. The molecule has 0 atom stereocenters. The molecule has 3 nitrogen and oxygen atoms in total. The van der Waals surface area contributed by atoms with E-state index in [1.54, 1.807) is 19.1 Å². The van der Waals surface area contributed by atoms with E-state index >= 15 is 0 Å². The van der Waals surface area contributed by atoms with E-state index in [2.05, 4.69) is 9.97 Å². The summed E-state index contributed by atoms with van der Waals surface area (Å²) < 4.78 is 25.2. The number of hydrogen-bond donors (Lipinski definition) is 1. The van der Waals surface area contributed by atoms with Gasteiger partial charge in [-0.05, 0) is 24.6 Å². The van der Waals surface area contributed by atoms with Gasteiger partial charge in [-0.2, -0.15) is 0 Å². The maximum atomic E-state index is 12.6. The van der Waals surface area contributed by atoms with Crippen LogP contribution in [0, 0.1) is 6.92 Å². The van der Waals surface area contributed by atoms with Gasteiger partial charge >= 0.3 is 0 Å². The van der Waals surface area contributed by atoms with Crippen LogP contribution in [-0.4, -0.2) is 22.4 Å². The Bertz CT molecular complexity index is 659. The minimum Gasteiger partial charge on any atom is -0.338 e. The second kappa shape index (κ2) is 5.30. The molecule has 1 aromatic carbocycles. The van der Waals surface area contributed by atoms with Crippen LogP contribution in [0.1, 0.15) is 35.1 Å². The number of rotatable bonds is 4. The number of ketones is 1. The summed E-state index contributed by atoms with van der Waals surface area (Å²) >= 11 is 0. The van der Waals surface area contributed by atoms with Gasteiger partial charge in [0.05, 0.1) is 22.9 Å². The van der Waals surface area contributed by atoms with Crippen molar-refractivity contribution in [2.45, 2.75) is 20.3 Å². The number of allylic oxidation sites excluding steroid dienone is 1. The first kappa shape index (κ1) is 13.4. The lowest BCUT2D eigenvalue weighted by Gasteiger charge is -2.01. The minimum atomic E-state index is -0.952. The van der Waals surface area contributed by atoms with Crippen LogP contribution in [0.4, 0.5) is 8.78 Å². The lowest BCUT2D eigenvalue weighted by Crippen LogP contribution is -1.98. The third-order valence-electron chi connectivity index (χ3n) is 2.93. The van der Waals surface area contributed by atoms with Gasteiger partial charge in [0, 0.05) is 12.0 Å². The average molecular weight is 264 g/mol. The predicted molar refractivity (Wildman–Crippen MR) is 70.5 cm³/mol. The first-order valence-corrected chi connectivity index (χ1v) is 5.99. The molecular formula is C14H14F2N2O. The van der Waals surface area contributed by atoms with Gasteiger partial charge in [-0.25, -0.2) is 13.8 Å². The summed E-state index contributed by atoms with van der Waals surface area (Å²) in [7, 11) is 0. The molecule has 1 N–H and O–H groups in total. The number of benzene rings is 1. The summed E-state index contributed by atoms with van der Waals surface area (Å²) in [6.45, 7) is 2.67. The molecule has 0 aliphatic heterocycles. The summed E-state index contributed by atoms with van der Waals surface area (Å²) in [5.41, 5.74) is 2.28. The molecule has 0 spiro atoms. The van der Waals surface area contributed by atoms with Gasteiger partial charge in [-0.3, -0.25) is 4.79 Å². The predicted octanol–water partition coefficient (Wildman–Crippen LogP) is 3.74. The monoisotopic (exact) mass is 264 g/mol. The van der Waals surface area contributed by atoms with Crippen molar-refractivity contribution in [2.75, 3.05) is 6.67 Å². The number of alkyl halides is 1. The minimum absolute atomic E-state index is 0.0437. The number of nitrogens with zero attached hydrogens (tertiary/aromatic N) is 1. The molecule has 0 bridgehead atoms. The highest BCUT2D eigenvalue weighted by Crippen LogP contribution is 2.23. The zero-order valence-electron chi connectivity index (χ0n) is 10.8. The molecule has 0 fully saturated rings. The van der Waals surface area contributed by atoms with Crippen LogP contribution in [0.25, 0.3) is 16.6 Å². The summed E-state index contributed by atoms with van der Waals surface area (Å²) in [4.78, 5) is 18.9. The number of hydrogen-bond acceptors (Lipinski definition) is 2. The highest BCUT2D eigenvalue weighted by atomic mass is 19.1. The number of fused-ring (bicyclic) bond motifs is 1. The fraction of sp³-hybridized carbons (Fsp3) is 0.286. The largest absolute Gasteiger partial charge is 0.338 e. The molecule has 0 saturated heterocycles. The summed E-state index contributed by atoms with van der Waals surface area (Å²) in [6, 6.07) is 3.54. The van der Waals surface area contributed by atoms with Gasteiger partial charge in [-0.15, -0.1) is 0 Å². The number of aromatic nitrogens is 2. The topological polar surface area (TPSA) is 45.8 Å². The average Bonchev–Trinajstić information content (AvgIpc) is 2.81. The van der Waals surface area contributed by atoms with Crippen LogP contribution in [0.2, 0.25) is 0 Å². The van der Waals surface area contributed by atoms with E-state index in [9.17, 15) is 13.6 Å². The lowest BCUT2D eigenvalue weighted by atomic mass is 10.0. The van der Waals surface area contributed by atoms with Crippen molar-refractivity contribution in [1.82, 2.24) is 9.97 Å². The Morgan fingerprint density at radius 3 is 2.79 bits per heavy atom. The fourth-order valence-electron chi connectivity index (χ4n) is 1.96. The van der Waals surface area contributed by atoms with Gasteiger partial charge < -0.3 is 4.98 Å². The number of Topliss-reactive ketones (excluding diaryl/α,β-unsaturated/α-hetero) is 1. The summed E-state index contributed by atoms with van der Waals surface area (Å²) in [5.74, 6) is 0.0773. The molecular weight excluding hydrogens is 250 g/mol. The number of nitrogens with one attached hydrogen (secondary N) is 1. The standard InChI is InChI=1S/C14H14F2N2O/c1-3-12(19)10-4-8(2)5-11-13(10)18-14(17-11)9(6-15)7-16/h4-6H,3,7H2,1-2H3,(H,17,18). The quantitative estimate of drug-likeness (QED) is 0.855. The third-order valence-corrected chi connectivity index (χ3v) is 2.93. The molecule has 0 amide bonds. The molecule has 0 radical (unpaired) electrons. The Labute approximate surface area is 109 Å². The van der Waals surface area contributed by atoms with Crippen molar-refractivity contribution in [3.8, 4) is 0 Å². The van der Waals surface area contributed by atoms with E-state index in [0.717, 1.165) is 5.56 Å². The molecule has 0 unspecified atom stereocenters. The van der Waals surface area contributed by atoms with E-state index in [0.29, 0.717) is 23.0 Å². The smallest absolute Gasteiger partial charge is 0.164 e. The van der Waals surface area contributed by atoms with Crippen molar-refractivity contribution in [1.29, 1.82) is 0 Å². The van der Waals surface area contributed by atoms with Crippen molar-refractivity contribution in [3.63, 3.8) is 0 Å². The number of aromatic amines is 1. The van der Waals surface area contributed by atoms with Gasteiger partial charge in [0.2, 0.25) is 0 Å². The first-order chi connectivity index (χ1) is 9.10. The van der Waals surface area contributed by atoms with Gasteiger partial charge in [0.25, 0.3) is 0 Å². The third kappa shape index (κ3) is 2.41. The molecule has 5 heteroatoms. The van der Waals surface area contributed by atoms with Crippen LogP contribution in [0.3, 0.4) is 0 Å². The Morgan fingerprint density at radius 1 is 1.47 bits per heavy atom. The molecule has 0 aliphatic carbocycles. The maximum absolute atomic E-state index is 12.6. The maximum Gasteiger partial charge on any atom is 0.164 e. The molecule has 19 heavy (non-hydrogen) atoms. The van der Waals surface area contributed by atoms with Crippen molar-refractivity contribution < 1.29 is 13.6 Å². The van der Waals surface area contributed by atoms with Gasteiger partial charge in [0.15, 0.2) is 5.78 Å². The highest BCUT2D eigenvalue weighted by Gasteiger charge is 2.15. The van der Waals surface area contributed by atoms with Crippen LogP contribution in [0.5, 0.6) is 0 Å².